The largest absolute Gasteiger partial charge is 0.305 e. The Hall–Kier alpha value is -0.530. The van der Waals surface area contributed by atoms with Crippen molar-refractivity contribution >= 4 is 5.71 Å². The summed E-state index contributed by atoms with van der Waals surface area (Å²) in [5, 5.41) is 4.37. The summed E-state index contributed by atoms with van der Waals surface area (Å²) in [6.45, 7) is 15.3. The van der Waals surface area contributed by atoms with Gasteiger partial charge in [-0.25, -0.2) is 0 Å². The van der Waals surface area contributed by atoms with Gasteiger partial charge in [0.05, 0.1) is 0 Å². The minimum atomic E-state index is 0.0781. The molecule has 0 aromatic heterocycles. The molecule has 0 saturated heterocycles. The van der Waals surface area contributed by atoms with E-state index in [4.69, 9.17) is 0 Å². The molecule has 0 heterocycles. The van der Waals surface area contributed by atoms with Crippen molar-refractivity contribution in [2.24, 2.45) is 10.5 Å². The zero-order chi connectivity index (χ0) is 11.4. The van der Waals surface area contributed by atoms with E-state index in [0.717, 1.165) is 18.6 Å². The first-order valence-electron chi connectivity index (χ1n) is 5.46. The van der Waals surface area contributed by atoms with Crippen LogP contribution in [0.15, 0.2) is 5.10 Å². The molecule has 0 saturated carbocycles. The molecule has 84 valence electrons. The van der Waals surface area contributed by atoms with E-state index >= 15 is 0 Å². The highest BCUT2D eigenvalue weighted by atomic mass is 15.3. The van der Waals surface area contributed by atoms with Crippen molar-refractivity contribution < 1.29 is 0 Å². The van der Waals surface area contributed by atoms with Crippen LogP contribution >= 0.6 is 0 Å². The van der Waals surface area contributed by atoms with Crippen LogP contribution in [0.5, 0.6) is 0 Å². The molecule has 0 aliphatic heterocycles. The smallest absolute Gasteiger partial charge is 0.0497 e. The van der Waals surface area contributed by atoms with E-state index in [1.54, 1.807) is 0 Å². The fraction of sp³-hybridized carbons (Fsp3) is 0.917. The van der Waals surface area contributed by atoms with Crippen LogP contribution in [-0.4, -0.2) is 11.3 Å². The van der Waals surface area contributed by atoms with Crippen LogP contribution in [0.2, 0.25) is 0 Å². The highest BCUT2D eigenvalue weighted by Gasteiger charge is 2.24. The van der Waals surface area contributed by atoms with E-state index in [0.29, 0.717) is 5.41 Å². The molecule has 0 unspecified atom stereocenters. The minimum absolute atomic E-state index is 0.0781. The topological polar surface area (TPSA) is 24.4 Å². The molecule has 0 spiro atoms. The molecule has 0 aromatic rings. The molecule has 0 aromatic carbocycles. The zero-order valence-electron chi connectivity index (χ0n) is 10.9. The fourth-order valence-corrected chi connectivity index (χ4v) is 1.69. The molecule has 14 heavy (non-hydrogen) atoms. The summed E-state index contributed by atoms with van der Waals surface area (Å²) in [6.07, 6.45) is 2.12. The van der Waals surface area contributed by atoms with Crippen LogP contribution in [0.3, 0.4) is 0 Å². The van der Waals surface area contributed by atoms with Crippen LogP contribution in [0.1, 0.15) is 61.3 Å². The summed E-state index contributed by atoms with van der Waals surface area (Å²) < 4.78 is 0. The highest BCUT2D eigenvalue weighted by molar-refractivity contribution is 5.81. The minimum Gasteiger partial charge on any atom is -0.305 e. The molecule has 1 N–H and O–H groups in total. The van der Waals surface area contributed by atoms with Crippen LogP contribution in [0, 0.1) is 5.41 Å². The maximum Gasteiger partial charge on any atom is 0.0497 e. The van der Waals surface area contributed by atoms with Gasteiger partial charge in [0.15, 0.2) is 0 Å². The van der Waals surface area contributed by atoms with Gasteiger partial charge in [0.1, 0.15) is 0 Å². The summed E-state index contributed by atoms with van der Waals surface area (Å²) in [5.41, 5.74) is 4.83. The Morgan fingerprint density at radius 1 is 1.14 bits per heavy atom. The van der Waals surface area contributed by atoms with Gasteiger partial charge in [0, 0.05) is 11.3 Å². The maximum atomic E-state index is 4.37. The number of hydrogen-bond acceptors (Lipinski definition) is 2. The summed E-state index contributed by atoms with van der Waals surface area (Å²) in [5.74, 6) is 0. The average Bonchev–Trinajstić information content (AvgIpc) is 1.96. The van der Waals surface area contributed by atoms with E-state index in [-0.39, 0.29) is 5.54 Å². The van der Waals surface area contributed by atoms with Gasteiger partial charge in [0.2, 0.25) is 0 Å². The second-order valence-corrected chi connectivity index (χ2v) is 5.93. The van der Waals surface area contributed by atoms with Gasteiger partial charge in [-0.2, -0.15) is 5.10 Å². The molecule has 0 aliphatic rings. The van der Waals surface area contributed by atoms with Crippen molar-refractivity contribution in [3.05, 3.63) is 0 Å². The first kappa shape index (κ1) is 13.5. The molecule has 0 atom stereocenters. The monoisotopic (exact) mass is 198 g/mol. The number of hydrogen-bond donors (Lipinski definition) is 1. The number of hydrazone groups is 1. The quantitative estimate of drug-likeness (QED) is 0.542. The lowest BCUT2D eigenvalue weighted by Crippen LogP contribution is -2.39. The number of nitrogens with one attached hydrogen (secondary N) is 1. The van der Waals surface area contributed by atoms with E-state index in [9.17, 15) is 0 Å². The van der Waals surface area contributed by atoms with Gasteiger partial charge < -0.3 is 5.43 Å². The Morgan fingerprint density at radius 3 is 2.00 bits per heavy atom. The Kier molecular flexibility index (Phi) is 4.63. The SMILES string of the molecule is CCC(C)=NNC(C)(C)CC(C)(C)C. The Balaban J connectivity index is 4.21. The number of nitrogens with zero attached hydrogens (tertiary/aromatic N) is 1. The summed E-state index contributed by atoms with van der Waals surface area (Å²) in [6, 6.07) is 0. The average molecular weight is 198 g/mol. The second-order valence-electron chi connectivity index (χ2n) is 5.93. The lowest BCUT2D eigenvalue weighted by atomic mass is 9.82. The van der Waals surface area contributed by atoms with Crippen molar-refractivity contribution in [2.45, 2.75) is 66.8 Å². The molecule has 0 aliphatic carbocycles. The molecule has 0 amide bonds. The fourth-order valence-electron chi connectivity index (χ4n) is 1.69. The van der Waals surface area contributed by atoms with Crippen molar-refractivity contribution in [1.29, 1.82) is 0 Å². The van der Waals surface area contributed by atoms with Gasteiger partial charge in [-0.3, -0.25) is 0 Å². The summed E-state index contributed by atoms with van der Waals surface area (Å²) >= 11 is 0. The lowest BCUT2D eigenvalue weighted by molar-refractivity contribution is 0.245. The normalized spacial score (nSPS) is 14.4. The summed E-state index contributed by atoms with van der Waals surface area (Å²) in [4.78, 5) is 0. The Bertz CT molecular complexity index is 197. The first-order valence-corrected chi connectivity index (χ1v) is 5.46. The van der Waals surface area contributed by atoms with Crippen molar-refractivity contribution in [3.8, 4) is 0 Å². The molecule has 0 rings (SSSR count). The molecule has 0 bridgehead atoms. The molecule has 0 fully saturated rings. The van der Waals surface area contributed by atoms with E-state index in [2.05, 4.69) is 59.0 Å². The Labute approximate surface area is 89.2 Å². The third-order valence-corrected chi connectivity index (χ3v) is 2.03. The van der Waals surface area contributed by atoms with E-state index in [1.807, 2.05) is 0 Å². The second kappa shape index (κ2) is 4.81. The highest BCUT2D eigenvalue weighted by Crippen LogP contribution is 2.26. The van der Waals surface area contributed by atoms with E-state index < -0.39 is 0 Å². The van der Waals surface area contributed by atoms with Crippen LogP contribution in [0.4, 0.5) is 0 Å². The van der Waals surface area contributed by atoms with E-state index in [1.165, 1.54) is 0 Å². The molecule has 2 nitrogen and oxygen atoms in total. The third-order valence-electron chi connectivity index (χ3n) is 2.03. The summed E-state index contributed by atoms with van der Waals surface area (Å²) in [7, 11) is 0. The van der Waals surface area contributed by atoms with Gasteiger partial charge in [-0.1, -0.05) is 27.7 Å². The van der Waals surface area contributed by atoms with Gasteiger partial charge in [-0.15, -0.1) is 0 Å². The van der Waals surface area contributed by atoms with Crippen molar-refractivity contribution in [1.82, 2.24) is 5.43 Å². The Morgan fingerprint density at radius 2 is 1.64 bits per heavy atom. The van der Waals surface area contributed by atoms with Crippen LogP contribution < -0.4 is 5.43 Å². The molecule has 0 radical (unpaired) electrons. The molecule has 2 heteroatoms. The lowest BCUT2D eigenvalue weighted by Gasteiger charge is -2.32. The van der Waals surface area contributed by atoms with Gasteiger partial charge >= 0.3 is 0 Å². The van der Waals surface area contributed by atoms with Crippen molar-refractivity contribution in [3.63, 3.8) is 0 Å². The zero-order valence-corrected chi connectivity index (χ0v) is 10.9. The predicted molar refractivity (Wildman–Crippen MR) is 64.7 cm³/mol. The standard InChI is InChI=1S/C12H26N2/c1-8-10(2)13-14-12(6,7)9-11(3,4)5/h14H,8-9H2,1-7H3. The molecular weight excluding hydrogens is 172 g/mol. The maximum absolute atomic E-state index is 4.37. The predicted octanol–water partition coefficient (Wildman–Crippen LogP) is 3.58. The first-order chi connectivity index (χ1) is 6.16. The molecular formula is C12H26N2. The van der Waals surface area contributed by atoms with Crippen LogP contribution in [0.25, 0.3) is 0 Å². The third kappa shape index (κ3) is 6.93. The van der Waals surface area contributed by atoms with Crippen molar-refractivity contribution in [2.75, 3.05) is 0 Å². The van der Waals surface area contributed by atoms with Gasteiger partial charge in [0.25, 0.3) is 0 Å². The van der Waals surface area contributed by atoms with Gasteiger partial charge in [-0.05, 0) is 39.0 Å². The van der Waals surface area contributed by atoms with Crippen LogP contribution in [-0.2, 0) is 0 Å². The number of rotatable bonds is 4.